The molecule has 1 N–H and O–H groups in total. The third kappa shape index (κ3) is 4.76. The van der Waals surface area contributed by atoms with Gasteiger partial charge in [-0.25, -0.2) is 4.39 Å². The molecule has 0 aliphatic carbocycles. The Labute approximate surface area is 124 Å². The van der Waals surface area contributed by atoms with E-state index in [4.69, 9.17) is 11.6 Å². The molecule has 0 unspecified atom stereocenters. The lowest BCUT2D eigenvalue weighted by atomic mass is 10.1. The molecule has 1 fully saturated rings. The monoisotopic (exact) mass is 298 g/mol. The van der Waals surface area contributed by atoms with Crippen LogP contribution >= 0.6 is 11.6 Å². The zero-order valence-corrected chi connectivity index (χ0v) is 12.3. The van der Waals surface area contributed by atoms with Crippen molar-refractivity contribution in [3.8, 4) is 0 Å². The highest BCUT2D eigenvalue weighted by Gasteiger charge is 2.15. The molecule has 0 spiro atoms. The standard InChI is InChI=1S/C15H20ClFN2O/c16-13-8-12(9-14(17)10-13)11-18-5-4-15(20)19-6-2-1-3-7-19/h8-10,18H,1-7,11H2. The Morgan fingerprint density at radius 2 is 2.00 bits per heavy atom. The van der Waals surface area contributed by atoms with E-state index in [1.165, 1.54) is 18.6 Å². The highest BCUT2D eigenvalue weighted by Crippen LogP contribution is 2.14. The van der Waals surface area contributed by atoms with Gasteiger partial charge in [0.1, 0.15) is 5.82 Å². The largest absolute Gasteiger partial charge is 0.343 e. The number of rotatable bonds is 5. The second-order valence-corrected chi connectivity index (χ2v) is 5.58. The average Bonchev–Trinajstić information content (AvgIpc) is 2.43. The van der Waals surface area contributed by atoms with Crippen molar-refractivity contribution in [1.82, 2.24) is 10.2 Å². The molecule has 1 aromatic carbocycles. The van der Waals surface area contributed by atoms with E-state index in [1.807, 2.05) is 4.90 Å². The Kier molecular flexibility index (Phi) is 5.80. The van der Waals surface area contributed by atoms with E-state index in [0.717, 1.165) is 31.5 Å². The van der Waals surface area contributed by atoms with Crippen molar-refractivity contribution in [3.05, 3.63) is 34.6 Å². The summed E-state index contributed by atoms with van der Waals surface area (Å²) in [4.78, 5) is 13.9. The van der Waals surface area contributed by atoms with Crippen LogP contribution in [0.25, 0.3) is 0 Å². The minimum absolute atomic E-state index is 0.203. The first-order chi connectivity index (χ1) is 9.65. The lowest BCUT2D eigenvalue weighted by Gasteiger charge is -2.26. The average molecular weight is 299 g/mol. The summed E-state index contributed by atoms with van der Waals surface area (Å²) in [7, 11) is 0. The van der Waals surface area contributed by atoms with E-state index in [2.05, 4.69) is 5.32 Å². The van der Waals surface area contributed by atoms with Gasteiger partial charge in [-0.1, -0.05) is 11.6 Å². The number of piperidine rings is 1. The van der Waals surface area contributed by atoms with Crippen molar-refractivity contribution in [1.29, 1.82) is 0 Å². The van der Waals surface area contributed by atoms with Gasteiger partial charge in [-0.2, -0.15) is 0 Å². The van der Waals surface area contributed by atoms with Crippen LogP contribution in [0.4, 0.5) is 4.39 Å². The first-order valence-electron chi connectivity index (χ1n) is 7.08. The van der Waals surface area contributed by atoms with E-state index in [1.54, 1.807) is 6.07 Å². The van der Waals surface area contributed by atoms with Crippen molar-refractivity contribution >= 4 is 17.5 Å². The summed E-state index contributed by atoms with van der Waals surface area (Å²) in [5.74, 6) is -0.131. The van der Waals surface area contributed by atoms with Crippen LogP contribution in [-0.2, 0) is 11.3 Å². The van der Waals surface area contributed by atoms with Gasteiger partial charge in [0.25, 0.3) is 0 Å². The van der Waals surface area contributed by atoms with Gasteiger partial charge in [0, 0.05) is 37.6 Å². The molecule has 0 aromatic heterocycles. The van der Waals surface area contributed by atoms with E-state index < -0.39 is 0 Å². The predicted octanol–water partition coefficient (Wildman–Crippen LogP) is 2.97. The topological polar surface area (TPSA) is 32.3 Å². The minimum Gasteiger partial charge on any atom is -0.343 e. The molecule has 20 heavy (non-hydrogen) atoms. The third-order valence-corrected chi connectivity index (χ3v) is 3.69. The van der Waals surface area contributed by atoms with E-state index in [9.17, 15) is 9.18 Å². The second-order valence-electron chi connectivity index (χ2n) is 5.15. The molecule has 1 amide bonds. The Hall–Kier alpha value is -1.13. The van der Waals surface area contributed by atoms with Gasteiger partial charge in [0.15, 0.2) is 0 Å². The van der Waals surface area contributed by atoms with Gasteiger partial charge in [-0.3, -0.25) is 4.79 Å². The van der Waals surface area contributed by atoms with Crippen molar-refractivity contribution < 1.29 is 9.18 Å². The molecule has 1 aliphatic heterocycles. The molecule has 2 rings (SSSR count). The third-order valence-electron chi connectivity index (χ3n) is 3.48. The van der Waals surface area contributed by atoms with Crippen LogP contribution in [-0.4, -0.2) is 30.4 Å². The molecule has 110 valence electrons. The lowest BCUT2D eigenvalue weighted by Crippen LogP contribution is -2.37. The summed E-state index contributed by atoms with van der Waals surface area (Å²) < 4.78 is 13.1. The number of hydrogen-bond donors (Lipinski definition) is 1. The number of carbonyl (C=O) groups excluding carboxylic acids is 1. The van der Waals surface area contributed by atoms with Gasteiger partial charge in [0.2, 0.25) is 5.91 Å². The Morgan fingerprint density at radius 1 is 1.25 bits per heavy atom. The zero-order valence-electron chi connectivity index (χ0n) is 11.5. The van der Waals surface area contributed by atoms with Gasteiger partial charge in [-0.15, -0.1) is 0 Å². The number of nitrogens with zero attached hydrogens (tertiary/aromatic N) is 1. The molecule has 3 nitrogen and oxygen atoms in total. The molecular weight excluding hydrogens is 279 g/mol. The van der Waals surface area contributed by atoms with E-state index in [0.29, 0.717) is 24.5 Å². The maximum atomic E-state index is 13.1. The smallest absolute Gasteiger partial charge is 0.223 e. The Balaban J connectivity index is 1.69. The highest BCUT2D eigenvalue weighted by molar-refractivity contribution is 6.30. The number of halogens is 2. The van der Waals surface area contributed by atoms with Crippen molar-refractivity contribution in [2.75, 3.05) is 19.6 Å². The molecule has 1 aromatic rings. The summed E-state index contributed by atoms with van der Waals surface area (Å²) in [5, 5.41) is 3.55. The number of benzene rings is 1. The molecular formula is C15H20ClFN2O. The maximum Gasteiger partial charge on any atom is 0.223 e. The lowest BCUT2D eigenvalue weighted by molar-refractivity contribution is -0.131. The Morgan fingerprint density at radius 3 is 2.70 bits per heavy atom. The van der Waals surface area contributed by atoms with Gasteiger partial charge >= 0.3 is 0 Å². The molecule has 0 atom stereocenters. The van der Waals surface area contributed by atoms with Crippen LogP contribution < -0.4 is 5.32 Å². The van der Waals surface area contributed by atoms with Crippen LogP contribution in [0, 0.1) is 5.82 Å². The van der Waals surface area contributed by atoms with Crippen LogP contribution in [0.3, 0.4) is 0 Å². The molecule has 0 radical (unpaired) electrons. The first-order valence-corrected chi connectivity index (χ1v) is 7.46. The zero-order chi connectivity index (χ0) is 14.4. The molecule has 0 saturated carbocycles. The number of likely N-dealkylation sites (tertiary alicyclic amines) is 1. The maximum absolute atomic E-state index is 13.1. The fraction of sp³-hybridized carbons (Fsp3) is 0.533. The summed E-state index contributed by atoms with van der Waals surface area (Å²) >= 11 is 5.79. The quantitative estimate of drug-likeness (QED) is 0.848. The number of nitrogens with one attached hydrogen (secondary N) is 1. The summed E-state index contributed by atoms with van der Waals surface area (Å²) in [6.45, 7) is 2.89. The summed E-state index contributed by atoms with van der Waals surface area (Å²) in [6.07, 6.45) is 3.94. The highest BCUT2D eigenvalue weighted by atomic mass is 35.5. The SMILES string of the molecule is O=C(CCNCc1cc(F)cc(Cl)c1)N1CCCCC1. The second kappa shape index (κ2) is 7.60. The van der Waals surface area contributed by atoms with Crippen LogP contribution in [0.5, 0.6) is 0 Å². The summed E-state index contributed by atoms with van der Waals surface area (Å²) in [5.41, 5.74) is 0.792. The van der Waals surface area contributed by atoms with Crippen LogP contribution in [0.15, 0.2) is 18.2 Å². The molecule has 5 heteroatoms. The van der Waals surface area contributed by atoms with Gasteiger partial charge in [-0.05, 0) is 43.0 Å². The summed E-state index contributed by atoms with van der Waals surface area (Å²) in [6, 6.07) is 4.46. The molecule has 0 bridgehead atoms. The number of carbonyl (C=O) groups is 1. The van der Waals surface area contributed by atoms with Crippen LogP contribution in [0.2, 0.25) is 5.02 Å². The minimum atomic E-state index is -0.335. The van der Waals surface area contributed by atoms with Gasteiger partial charge < -0.3 is 10.2 Å². The Bertz CT molecular complexity index is 441. The fourth-order valence-electron chi connectivity index (χ4n) is 2.44. The van der Waals surface area contributed by atoms with E-state index in [-0.39, 0.29) is 11.7 Å². The van der Waals surface area contributed by atoms with Crippen molar-refractivity contribution in [2.45, 2.75) is 32.2 Å². The molecule has 1 saturated heterocycles. The van der Waals surface area contributed by atoms with Crippen molar-refractivity contribution in [2.24, 2.45) is 0 Å². The molecule has 1 aliphatic rings. The van der Waals surface area contributed by atoms with Gasteiger partial charge in [0.05, 0.1) is 0 Å². The predicted molar refractivity (Wildman–Crippen MR) is 78.2 cm³/mol. The van der Waals surface area contributed by atoms with Crippen LogP contribution in [0.1, 0.15) is 31.2 Å². The first kappa shape index (κ1) is 15.3. The fourth-order valence-corrected chi connectivity index (χ4v) is 2.69. The van der Waals surface area contributed by atoms with E-state index >= 15 is 0 Å². The normalized spacial score (nSPS) is 15.4. The molecule has 1 heterocycles. The van der Waals surface area contributed by atoms with Crippen molar-refractivity contribution in [3.63, 3.8) is 0 Å². The number of hydrogen-bond acceptors (Lipinski definition) is 2. The number of amides is 1.